The topological polar surface area (TPSA) is 108 Å². The Bertz CT molecular complexity index is 683. The summed E-state index contributed by atoms with van der Waals surface area (Å²) < 4.78 is 22.9. The number of allylic oxidation sites excluding steroid dienone is 2. The van der Waals surface area contributed by atoms with Gasteiger partial charge in [0.2, 0.25) is 5.91 Å². The van der Waals surface area contributed by atoms with Crippen molar-refractivity contribution in [2.75, 3.05) is 40.9 Å². The highest BCUT2D eigenvalue weighted by Crippen LogP contribution is 2.38. The van der Waals surface area contributed by atoms with Crippen molar-refractivity contribution in [1.29, 1.82) is 0 Å². The molecule has 0 aromatic rings. The molecule has 40 heavy (non-hydrogen) atoms. The number of rotatable bonds is 28. The molecule has 0 radical (unpaired) electrons. The van der Waals surface area contributed by atoms with Crippen molar-refractivity contribution in [2.45, 2.75) is 142 Å². The summed E-state index contributed by atoms with van der Waals surface area (Å²) in [5.74, 6) is -0.183. The summed E-state index contributed by atoms with van der Waals surface area (Å²) in [6.45, 7) is 4.59. The van der Waals surface area contributed by atoms with Crippen LogP contribution in [-0.4, -0.2) is 68.5 Å². The molecule has 0 aromatic heterocycles. The molecule has 0 aliphatic heterocycles. The molecule has 238 valence electrons. The van der Waals surface area contributed by atoms with E-state index in [-0.39, 0.29) is 19.1 Å². The Morgan fingerprint density at radius 1 is 0.850 bits per heavy atom. The summed E-state index contributed by atoms with van der Waals surface area (Å²) in [6.07, 6.45) is 22.3. The zero-order chi connectivity index (χ0) is 30.1. The molecule has 0 spiro atoms. The summed E-state index contributed by atoms with van der Waals surface area (Å²) >= 11 is 0. The predicted octanol–water partition coefficient (Wildman–Crippen LogP) is 6.66. The van der Waals surface area contributed by atoms with Gasteiger partial charge in [-0.25, -0.2) is 0 Å². The fourth-order valence-corrected chi connectivity index (χ4v) is 5.05. The summed E-state index contributed by atoms with van der Waals surface area (Å²) in [5, 5.41) is 13.6. The molecule has 0 aliphatic rings. The Labute approximate surface area is 246 Å². The molecule has 1 unspecified atom stereocenters. The summed E-state index contributed by atoms with van der Waals surface area (Å²) in [5.41, 5.74) is 0. The highest BCUT2D eigenvalue weighted by Gasteiger charge is 2.24. The molecule has 3 atom stereocenters. The number of likely N-dealkylation sites (N-methyl/N-ethyl adjacent to an activating group) is 1. The minimum atomic E-state index is -4.54. The van der Waals surface area contributed by atoms with Crippen LogP contribution in [0.3, 0.4) is 0 Å². The lowest BCUT2D eigenvalue weighted by atomic mass is 10.0. The molecular weight excluding hydrogens is 527 g/mol. The molecule has 1 amide bonds. The predicted molar refractivity (Wildman–Crippen MR) is 164 cm³/mol. The first-order chi connectivity index (χ1) is 19.0. The molecule has 0 aliphatic carbocycles. The fraction of sp³-hybridized carbons (Fsp3) is 0.903. The van der Waals surface area contributed by atoms with Gasteiger partial charge in [0, 0.05) is 6.42 Å². The third-order valence-electron chi connectivity index (χ3n) is 7.00. The number of quaternary nitrogens is 1. The fourth-order valence-electron chi connectivity index (χ4n) is 4.32. The number of phosphoric acid groups is 1. The van der Waals surface area contributed by atoms with E-state index in [0.29, 0.717) is 23.9 Å². The number of carbonyl (C=O) groups is 1. The maximum Gasteiger partial charge on any atom is 0.268 e. The van der Waals surface area contributed by atoms with E-state index in [4.69, 9.17) is 9.05 Å². The summed E-state index contributed by atoms with van der Waals surface area (Å²) in [4.78, 5) is 24.9. The van der Waals surface area contributed by atoms with Gasteiger partial charge in [-0.05, 0) is 38.5 Å². The van der Waals surface area contributed by atoms with Gasteiger partial charge in [-0.1, -0.05) is 96.6 Å². The van der Waals surface area contributed by atoms with Crippen LogP contribution >= 0.6 is 7.82 Å². The van der Waals surface area contributed by atoms with Gasteiger partial charge in [-0.2, -0.15) is 0 Å². The van der Waals surface area contributed by atoms with E-state index in [1.165, 1.54) is 57.8 Å². The molecule has 8 nitrogen and oxygen atoms in total. The number of unbranched alkanes of at least 4 members (excludes halogenated alkanes) is 13. The van der Waals surface area contributed by atoms with Crippen LogP contribution < -0.4 is 10.2 Å². The zero-order valence-electron chi connectivity index (χ0n) is 26.5. The molecular formula is C31H63N2O6P. The van der Waals surface area contributed by atoms with Gasteiger partial charge in [0.25, 0.3) is 7.82 Å². The number of aliphatic hydroxyl groups is 1. The molecule has 0 bridgehead atoms. The smallest absolute Gasteiger partial charge is 0.268 e. The average Bonchev–Trinajstić information content (AvgIpc) is 2.88. The number of aliphatic hydroxyl groups excluding tert-OH is 1. The zero-order valence-corrected chi connectivity index (χ0v) is 27.4. The number of nitrogens with one attached hydrogen (secondary N) is 1. The van der Waals surface area contributed by atoms with Crippen molar-refractivity contribution in [2.24, 2.45) is 0 Å². The second kappa shape index (κ2) is 24.8. The van der Waals surface area contributed by atoms with Gasteiger partial charge in [0.15, 0.2) is 0 Å². The second-order valence-corrected chi connectivity index (χ2v) is 13.6. The Kier molecular flexibility index (Phi) is 24.3. The van der Waals surface area contributed by atoms with E-state index in [1.54, 1.807) is 0 Å². The molecule has 0 heterocycles. The van der Waals surface area contributed by atoms with Crippen LogP contribution in [0.15, 0.2) is 12.2 Å². The van der Waals surface area contributed by atoms with E-state index < -0.39 is 20.0 Å². The van der Waals surface area contributed by atoms with Crippen molar-refractivity contribution in [3.63, 3.8) is 0 Å². The second-order valence-electron chi connectivity index (χ2n) is 12.2. The maximum absolute atomic E-state index is 12.6. The van der Waals surface area contributed by atoms with Crippen molar-refractivity contribution in [1.82, 2.24) is 5.32 Å². The molecule has 9 heteroatoms. The van der Waals surface area contributed by atoms with Crippen LogP contribution in [0.5, 0.6) is 0 Å². The van der Waals surface area contributed by atoms with E-state index in [9.17, 15) is 19.4 Å². The van der Waals surface area contributed by atoms with Crippen molar-refractivity contribution >= 4 is 13.7 Å². The average molecular weight is 591 g/mol. The van der Waals surface area contributed by atoms with E-state index >= 15 is 0 Å². The van der Waals surface area contributed by atoms with Crippen molar-refractivity contribution < 1.29 is 32.9 Å². The Hall–Kier alpha value is -0.760. The number of phosphoric ester groups is 1. The van der Waals surface area contributed by atoms with Gasteiger partial charge < -0.3 is 28.8 Å². The summed E-state index contributed by atoms with van der Waals surface area (Å²) in [7, 11) is 1.28. The first kappa shape index (κ1) is 39.2. The lowest BCUT2D eigenvalue weighted by Gasteiger charge is -2.30. The minimum absolute atomic E-state index is 0.00836. The molecule has 0 rings (SSSR count). The number of nitrogens with zero attached hydrogens (tertiary/aromatic N) is 1. The van der Waals surface area contributed by atoms with Gasteiger partial charge in [0.05, 0.1) is 39.9 Å². The molecule has 0 fully saturated rings. The quantitative estimate of drug-likeness (QED) is 0.0457. The largest absolute Gasteiger partial charge is 0.756 e. The van der Waals surface area contributed by atoms with Gasteiger partial charge >= 0.3 is 0 Å². The van der Waals surface area contributed by atoms with E-state index in [1.807, 2.05) is 21.1 Å². The molecule has 0 aromatic carbocycles. The standard InChI is InChI=1S/C31H63N2O6P/c1-6-8-10-12-14-16-18-20-22-24-30(34)29(28-39-40(36,37)38-27-26-33(3,4)5)32-31(35)25-23-21-19-17-15-13-11-9-7-2/h14,16,29-30,34H,6-13,15,17-28H2,1-5H3,(H-,32,35,36,37)/b16-14+/t29-,30+/m0/s1. The lowest BCUT2D eigenvalue weighted by molar-refractivity contribution is -0.870. The number of hydrogen-bond donors (Lipinski definition) is 2. The first-order valence-electron chi connectivity index (χ1n) is 16.0. The first-order valence-corrected chi connectivity index (χ1v) is 17.5. The SMILES string of the molecule is CCCCC/C=C/CCCC[C@@H](O)[C@H](COP(=O)([O-])OCC[N+](C)(C)C)NC(=O)CCCCCCCCCCC. The van der Waals surface area contributed by atoms with Crippen molar-refractivity contribution in [3.8, 4) is 0 Å². The highest BCUT2D eigenvalue weighted by molar-refractivity contribution is 7.45. The van der Waals surface area contributed by atoms with E-state index in [0.717, 1.165) is 44.9 Å². The minimum Gasteiger partial charge on any atom is -0.756 e. The van der Waals surface area contributed by atoms with Crippen LogP contribution in [0.4, 0.5) is 0 Å². The van der Waals surface area contributed by atoms with Gasteiger partial charge in [-0.3, -0.25) is 9.36 Å². The Balaban J connectivity index is 4.62. The molecule has 0 saturated heterocycles. The highest BCUT2D eigenvalue weighted by atomic mass is 31.2. The number of hydrogen-bond acceptors (Lipinski definition) is 6. The van der Waals surface area contributed by atoms with E-state index in [2.05, 4.69) is 31.3 Å². The molecule has 2 N–H and O–H groups in total. The van der Waals surface area contributed by atoms with Crippen LogP contribution in [0.25, 0.3) is 0 Å². The Morgan fingerprint density at radius 2 is 1.38 bits per heavy atom. The molecule has 0 saturated carbocycles. The Morgan fingerprint density at radius 3 is 1.95 bits per heavy atom. The van der Waals surface area contributed by atoms with Gasteiger partial charge in [0.1, 0.15) is 13.2 Å². The summed E-state index contributed by atoms with van der Waals surface area (Å²) in [6, 6.07) is -0.806. The van der Waals surface area contributed by atoms with Crippen LogP contribution in [0.2, 0.25) is 0 Å². The van der Waals surface area contributed by atoms with Crippen LogP contribution in [-0.2, 0) is 18.4 Å². The van der Waals surface area contributed by atoms with Crippen molar-refractivity contribution in [3.05, 3.63) is 12.2 Å². The normalized spacial score (nSPS) is 15.3. The maximum atomic E-state index is 12.6. The monoisotopic (exact) mass is 590 g/mol. The lowest BCUT2D eigenvalue weighted by Crippen LogP contribution is -2.46. The number of carbonyl (C=O) groups excluding carboxylic acids is 1. The number of amides is 1. The van der Waals surface area contributed by atoms with Crippen LogP contribution in [0.1, 0.15) is 129 Å². The van der Waals surface area contributed by atoms with Crippen LogP contribution in [0, 0.1) is 0 Å². The third-order valence-corrected chi connectivity index (χ3v) is 7.97. The van der Waals surface area contributed by atoms with Gasteiger partial charge in [-0.15, -0.1) is 0 Å². The third kappa shape index (κ3) is 26.2.